The highest BCUT2D eigenvalue weighted by Crippen LogP contribution is 2.35. The van der Waals surface area contributed by atoms with Crippen LogP contribution in [0.25, 0.3) is 10.8 Å². The van der Waals surface area contributed by atoms with Crippen molar-refractivity contribution < 1.29 is 14.2 Å². The van der Waals surface area contributed by atoms with E-state index >= 15 is 0 Å². The summed E-state index contributed by atoms with van der Waals surface area (Å²) in [4.78, 5) is 0. The first-order valence-corrected chi connectivity index (χ1v) is 5.14. The molecule has 2 rings (SSSR count). The Bertz CT molecular complexity index is 555. The summed E-state index contributed by atoms with van der Waals surface area (Å²) in [6.07, 6.45) is 0. The van der Waals surface area contributed by atoms with Gasteiger partial charge in [-0.3, -0.25) is 0 Å². The summed E-state index contributed by atoms with van der Waals surface area (Å²) in [6, 6.07) is 3.72. The lowest BCUT2D eigenvalue weighted by molar-refractivity contribution is 0.355. The third-order valence-electron chi connectivity index (χ3n) is 2.63. The first-order chi connectivity index (χ1) is 8.21. The highest BCUT2D eigenvalue weighted by atomic mass is 16.5. The molecule has 2 aromatic rings. The van der Waals surface area contributed by atoms with Gasteiger partial charge in [0.2, 0.25) is 5.88 Å². The molecule has 1 aromatic carbocycles. The minimum absolute atomic E-state index is 0.478. The number of hydrogen-bond acceptors (Lipinski definition) is 5. The maximum absolute atomic E-state index is 5.26. The molecule has 0 radical (unpaired) electrons. The Kier molecular flexibility index (Phi) is 2.99. The Morgan fingerprint density at radius 3 is 1.94 bits per heavy atom. The van der Waals surface area contributed by atoms with E-state index in [2.05, 4.69) is 10.2 Å². The maximum atomic E-state index is 5.26. The summed E-state index contributed by atoms with van der Waals surface area (Å²) in [5.41, 5.74) is 0.821. The number of nitrogens with zero attached hydrogens (tertiary/aromatic N) is 2. The van der Waals surface area contributed by atoms with Crippen LogP contribution in [0.1, 0.15) is 5.69 Å². The smallest absolute Gasteiger partial charge is 0.241 e. The summed E-state index contributed by atoms with van der Waals surface area (Å²) in [6.45, 7) is 1.89. The molecule has 17 heavy (non-hydrogen) atoms. The highest BCUT2D eigenvalue weighted by Gasteiger charge is 2.12. The van der Waals surface area contributed by atoms with Crippen molar-refractivity contribution in [3.05, 3.63) is 17.8 Å². The van der Waals surface area contributed by atoms with Crippen molar-refractivity contribution in [3.8, 4) is 17.4 Å². The number of benzene rings is 1. The van der Waals surface area contributed by atoms with E-state index in [1.807, 2.05) is 19.1 Å². The van der Waals surface area contributed by atoms with E-state index in [0.29, 0.717) is 17.4 Å². The molecule has 0 unspecified atom stereocenters. The van der Waals surface area contributed by atoms with Crippen molar-refractivity contribution >= 4 is 10.8 Å². The van der Waals surface area contributed by atoms with Crippen LogP contribution in [0, 0.1) is 6.92 Å². The molecule has 0 bridgehead atoms. The Morgan fingerprint density at radius 2 is 1.41 bits per heavy atom. The number of methoxy groups -OCH3 is 3. The molecule has 5 heteroatoms. The van der Waals surface area contributed by atoms with Crippen LogP contribution in [-0.2, 0) is 0 Å². The summed E-state index contributed by atoms with van der Waals surface area (Å²) >= 11 is 0. The summed E-state index contributed by atoms with van der Waals surface area (Å²) in [5.74, 6) is 1.79. The fraction of sp³-hybridized carbons (Fsp3) is 0.333. The summed E-state index contributed by atoms with van der Waals surface area (Å²) < 4.78 is 15.7. The third kappa shape index (κ3) is 1.84. The molecule has 0 aliphatic rings. The second-order valence-corrected chi connectivity index (χ2v) is 3.55. The van der Waals surface area contributed by atoms with Gasteiger partial charge < -0.3 is 14.2 Å². The number of fused-ring (bicyclic) bond motifs is 1. The van der Waals surface area contributed by atoms with Gasteiger partial charge in [0.15, 0.2) is 11.5 Å². The van der Waals surface area contributed by atoms with Gasteiger partial charge in [-0.25, -0.2) is 0 Å². The van der Waals surface area contributed by atoms with Crippen molar-refractivity contribution in [3.63, 3.8) is 0 Å². The van der Waals surface area contributed by atoms with E-state index in [4.69, 9.17) is 14.2 Å². The van der Waals surface area contributed by atoms with Crippen LogP contribution in [0.3, 0.4) is 0 Å². The summed E-state index contributed by atoms with van der Waals surface area (Å²) in [5, 5.41) is 9.82. The topological polar surface area (TPSA) is 53.5 Å². The molecule has 0 atom stereocenters. The Labute approximate surface area is 99.3 Å². The minimum Gasteiger partial charge on any atom is -0.493 e. The first kappa shape index (κ1) is 11.4. The van der Waals surface area contributed by atoms with Gasteiger partial charge in [-0.05, 0) is 19.1 Å². The van der Waals surface area contributed by atoms with E-state index in [1.165, 1.54) is 0 Å². The van der Waals surface area contributed by atoms with Crippen LogP contribution >= 0.6 is 0 Å². The largest absolute Gasteiger partial charge is 0.493 e. The lowest BCUT2D eigenvalue weighted by atomic mass is 10.1. The molecule has 0 aliphatic heterocycles. The van der Waals surface area contributed by atoms with Crippen LogP contribution in [-0.4, -0.2) is 31.5 Å². The quantitative estimate of drug-likeness (QED) is 0.812. The van der Waals surface area contributed by atoms with E-state index in [9.17, 15) is 0 Å². The van der Waals surface area contributed by atoms with E-state index in [-0.39, 0.29) is 0 Å². The fourth-order valence-corrected chi connectivity index (χ4v) is 1.73. The fourth-order valence-electron chi connectivity index (χ4n) is 1.73. The molecule has 0 N–H and O–H groups in total. The Morgan fingerprint density at radius 1 is 0.824 bits per heavy atom. The average molecular weight is 234 g/mol. The first-order valence-electron chi connectivity index (χ1n) is 5.14. The average Bonchev–Trinajstić information content (AvgIpc) is 2.38. The third-order valence-corrected chi connectivity index (χ3v) is 2.63. The van der Waals surface area contributed by atoms with Crippen molar-refractivity contribution in [2.45, 2.75) is 6.92 Å². The Balaban J connectivity index is 2.80. The van der Waals surface area contributed by atoms with Gasteiger partial charge in [0.25, 0.3) is 0 Å². The van der Waals surface area contributed by atoms with Crippen LogP contribution in [0.15, 0.2) is 12.1 Å². The monoisotopic (exact) mass is 234 g/mol. The molecule has 0 saturated heterocycles. The van der Waals surface area contributed by atoms with E-state index in [0.717, 1.165) is 16.5 Å². The van der Waals surface area contributed by atoms with Gasteiger partial charge in [-0.1, -0.05) is 0 Å². The summed E-state index contributed by atoms with van der Waals surface area (Å²) in [7, 11) is 4.76. The van der Waals surface area contributed by atoms with Crippen LogP contribution in [0.4, 0.5) is 0 Å². The second-order valence-electron chi connectivity index (χ2n) is 3.55. The zero-order valence-corrected chi connectivity index (χ0v) is 10.3. The van der Waals surface area contributed by atoms with Gasteiger partial charge in [-0.15, -0.1) is 5.10 Å². The van der Waals surface area contributed by atoms with Crippen LogP contribution in [0.5, 0.6) is 17.4 Å². The lowest BCUT2D eigenvalue weighted by Crippen LogP contribution is -1.97. The zero-order valence-electron chi connectivity index (χ0n) is 10.3. The predicted octanol–water partition coefficient (Wildman–Crippen LogP) is 1.96. The number of ether oxygens (including phenoxy) is 3. The van der Waals surface area contributed by atoms with Crippen LogP contribution in [0.2, 0.25) is 0 Å². The predicted molar refractivity (Wildman–Crippen MR) is 63.9 cm³/mol. The number of rotatable bonds is 3. The van der Waals surface area contributed by atoms with Crippen molar-refractivity contribution in [2.75, 3.05) is 21.3 Å². The standard InChI is InChI=1S/C12H14N2O3/c1-7-8-5-10(15-2)11(16-3)6-9(8)12(17-4)14-13-7/h5-6H,1-4H3. The minimum atomic E-state index is 0.478. The molecule has 1 heterocycles. The zero-order chi connectivity index (χ0) is 12.4. The van der Waals surface area contributed by atoms with E-state index in [1.54, 1.807) is 21.3 Å². The molecular formula is C12H14N2O3. The Hall–Kier alpha value is -2.04. The molecule has 0 fully saturated rings. The van der Waals surface area contributed by atoms with Crippen molar-refractivity contribution in [1.82, 2.24) is 10.2 Å². The molecule has 1 aromatic heterocycles. The van der Waals surface area contributed by atoms with Crippen molar-refractivity contribution in [2.24, 2.45) is 0 Å². The number of aryl methyl sites for hydroxylation is 1. The molecule has 0 aliphatic carbocycles. The molecule has 0 spiro atoms. The molecular weight excluding hydrogens is 220 g/mol. The highest BCUT2D eigenvalue weighted by molar-refractivity contribution is 5.91. The number of aromatic nitrogens is 2. The second kappa shape index (κ2) is 4.45. The maximum Gasteiger partial charge on any atom is 0.241 e. The molecule has 5 nitrogen and oxygen atoms in total. The van der Waals surface area contributed by atoms with E-state index < -0.39 is 0 Å². The van der Waals surface area contributed by atoms with Gasteiger partial charge in [0.1, 0.15) is 0 Å². The lowest BCUT2D eigenvalue weighted by Gasteiger charge is -2.11. The molecule has 90 valence electrons. The molecule has 0 amide bonds. The van der Waals surface area contributed by atoms with Crippen molar-refractivity contribution in [1.29, 1.82) is 0 Å². The van der Waals surface area contributed by atoms with Gasteiger partial charge >= 0.3 is 0 Å². The molecule has 0 saturated carbocycles. The normalized spacial score (nSPS) is 10.4. The van der Waals surface area contributed by atoms with Gasteiger partial charge in [0.05, 0.1) is 32.4 Å². The van der Waals surface area contributed by atoms with Gasteiger partial charge in [0, 0.05) is 5.39 Å². The number of hydrogen-bond donors (Lipinski definition) is 0. The van der Waals surface area contributed by atoms with Crippen LogP contribution < -0.4 is 14.2 Å². The van der Waals surface area contributed by atoms with Gasteiger partial charge in [-0.2, -0.15) is 5.10 Å². The SMILES string of the molecule is COc1cc2c(C)nnc(OC)c2cc1OC.